The molecule has 3 nitrogen and oxygen atoms in total. The molecule has 1 aromatic carbocycles. The van der Waals surface area contributed by atoms with E-state index in [1.165, 1.54) is 5.57 Å². The van der Waals surface area contributed by atoms with Crippen LogP contribution in [0, 0.1) is 0 Å². The zero-order chi connectivity index (χ0) is 12.8. The first-order valence-corrected chi connectivity index (χ1v) is 6.31. The Morgan fingerprint density at radius 1 is 1.33 bits per heavy atom. The van der Waals surface area contributed by atoms with Crippen molar-refractivity contribution in [2.45, 2.75) is 38.0 Å². The highest BCUT2D eigenvalue weighted by Gasteiger charge is 2.51. The number of carboxylic acid groups (broad SMARTS) is 1. The van der Waals surface area contributed by atoms with Gasteiger partial charge in [0.2, 0.25) is 0 Å². The Bertz CT molecular complexity index is 539. The van der Waals surface area contributed by atoms with E-state index >= 15 is 0 Å². The predicted octanol–water partition coefficient (Wildman–Crippen LogP) is 3.03. The molecule has 18 heavy (non-hydrogen) atoms. The Kier molecular flexibility index (Phi) is 2.44. The van der Waals surface area contributed by atoms with Crippen LogP contribution >= 0.6 is 0 Å². The zero-order valence-corrected chi connectivity index (χ0v) is 10.4. The topological polar surface area (TPSA) is 46.5 Å². The summed E-state index contributed by atoms with van der Waals surface area (Å²) in [6.07, 6.45) is 5.17. The number of carbonyl (C=O) groups is 1. The van der Waals surface area contributed by atoms with E-state index < -0.39 is 11.4 Å². The van der Waals surface area contributed by atoms with Crippen molar-refractivity contribution in [2.75, 3.05) is 0 Å². The van der Waals surface area contributed by atoms with E-state index in [0.29, 0.717) is 0 Å². The van der Waals surface area contributed by atoms with Crippen LogP contribution in [0.15, 0.2) is 30.0 Å². The molecule has 0 aromatic heterocycles. The Balaban J connectivity index is 1.97. The van der Waals surface area contributed by atoms with Crippen molar-refractivity contribution >= 4 is 5.97 Å². The van der Waals surface area contributed by atoms with Crippen LogP contribution < -0.4 is 4.74 Å². The van der Waals surface area contributed by atoms with Crippen molar-refractivity contribution < 1.29 is 14.6 Å². The van der Waals surface area contributed by atoms with Crippen LogP contribution in [-0.4, -0.2) is 11.1 Å². The molecule has 0 saturated heterocycles. The lowest BCUT2D eigenvalue weighted by Crippen LogP contribution is -2.19. The Morgan fingerprint density at radius 2 is 2.11 bits per heavy atom. The van der Waals surface area contributed by atoms with Crippen molar-refractivity contribution in [2.24, 2.45) is 0 Å². The molecule has 0 radical (unpaired) electrons. The van der Waals surface area contributed by atoms with Crippen molar-refractivity contribution in [3.05, 3.63) is 41.2 Å². The van der Waals surface area contributed by atoms with Gasteiger partial charge in [-0.15, -0.1) is 0 Å². The van der Waals surface area contributed by atoms with Crippen LogP contribution in [0.25, 0.3) is 0 Å². The summed E-state index contributed by atoms with van der Waals surface area (Å²) in [4.78, 5) is 11.3. The van der Waals surface area contributed by atoms with Crippen LogP contribution in [0.2, 0.25) is 0 Å². The van der Waals surface area contributed by atoms with Gasteiger partial charge in [-0.1, -0.05) is 12.1 Å². The standard InChI is InChI=1S/C15H16O3/c1-10-2-3-11-8-12(4-5-13(11)18-9-10)15(6-7-15)14(16)17/h4-5,8-9H,2-3,6-7H2,1H3,(H,16,17). The van der Waals surface area contributed by atoms with Gasteiger partial charge in [0, 0.05) is 0 Å². The first-order chi connectivity index (χ1) is 8.62. The first kappa shape index (κ1) is 11.3. The highest BCUT2D eigenvalue weighted by Crippen LogP contribution is 2.49. The van der Waals surface area contributed by atoms with Crippen LogP contribution in [0.3, 0.4) is 0 Å². The Hall–Kier alpha value is -1.77. The average Bonchev–Trinajstić information content (AvgIpc) is 3.15. The molecule has 1 aliphatic heterocycles. The summed E-state index contributed by atoms with van der Waals surface area (Å²) in [7, 11) is 0. The van der Waals surface area contributed by atoms with Crippen molar-refractivity contribution in [3.63, 3.8) is 0 Å². The van der Waals surface area contributed by atoms with Crippen molar-refractivity contribution in [1.82, 2.24) is 0 Å². The summed E-state index contributed by atoms with van der Waals surface area (Å²) < 4.78 is 5.60. The SMILES string of the molecule is CC1=COc2ccc(C3(C(=O)O)CC3)cc2CC1. The van der Waals surface area contributed by atoms with E-state index in [-0.39, 0.29) is 0 Å². The molecule has 0 atom stereocenters. The van der Waals surface area contributed by atoms with Crippen LogP contribution in [-0.2, 0) is 16.6 Å². The predicted molar refractivity (Wildman–Crippen MR) is 67.7 cm³/mol. The van der Waals surface area contributed by atoms with E-state index in [9.17, 15) is 9.90 Å². The van der Waals surface area contributed by atoms with Gasteiger partial charge in [0.25, 0.3) is 0 Å². The maximum atomic E-state index is 11.3. The maximum absolute atomic E-state index is 11.3. The number of aliphatic carboxylic acids is 1. The van der Waals surface area contributed by atoms with Gasteiger partial charge in [-0.05, 0) is 55.4 Å². The molecule has 2 aliphatic rings. The van der Waals surface area contributed by atoms with E-state index in [1.807, 2.05) is 25.1 Å². The molecule has 3 heteroatoms. The zero-order valence-electron chi connectivity index (χ0n) is 10.4. The minimum Gasteiger partial charge on any atom is -0.481 e. The average molecular weight is 244 g/mol. The minimum atomic E-state index is -0.703. The number of aryl methyl sites for hydroxylation is 1. The molecular formula is C15H16O3. The summed E-state index contributed by atoms with van der Waals surface area (Å²) in [6.45, 7) is 2.05. The molecular weight excluding hydrogens is 228 g/mol. The maximum Gasteiger partial charge on any atom is 0.314 e. The van der Waals surface area contributed by atoms with E-state index in [0.717, 1.165) is 42.6 Å². The molecule has 1 saturated carbocycles. The molecule has 3 rings (SSSR count). The lowest BCUT2D eigenvalue weighted by atomic mass is 9.93. The molecule has 94 valence electrons. The number of carboxylic acids is 1. The summed E-state index contributed by atoms with van der Waals surface area (Å²) in [5, 5.41) is 9.32. The molecule has 1 heterocycles. The lowest BCUT2D eigenvalue weighted by Gasteiger charge is -2.13. The third-order valence-electron chi connectivity index (χ3n) is 3.95. The van der Waals surface area contributed by atoms with Crippen LogP contribution in [0.4, 0.5) is 0 Å². The van der Waals surface area contributed by atoms with Gasteiger partial charge >= 0.3 is 5.97 Å². The van der Waals surface area contributed by atoms with Gasteiger partial charge in [0.1, 0.15) is 5.75 Å². The number of rotatable bonds is 2. The number of hydrogen-bond acceptors (Lipinski definition) is 2. The van der Waals surface area contributed by atoms with Gasteiger partial charge in [-0.3, -0.25) is 4.79 Å². The quantitative estimate of drug-likeness (QED) is 0.869. The van der Waals surface area contributed by atoms with Gasteiger partial charge in [-0.2, -0.15) is 0 Å². The number of ether oxygens (including phenoxy) is 1. The second-order valence-electron chi connectivity index (χ2n) is 5.29. The summed E-state index contributed by atoms with van der Waals surface area (Å²) in [5.74, 6) is 0.156. The van der Waals surface area contributed by atoms with E-state index in [1.54, 1.807) is 6.26 Å². The summed E-state index contributed by atoms with van der Waals surface area (Å²) >= 11 is 0. The van der Waals surface area contributed by atoms with Gasteiger partial charge in [0.05, 0.1) is 11.7 Å². The van der Waals surface area contributed by atoms with Crippen LogP contribution in [0.5, 0.6) is 5.75 Å². The molecule has 1 aromatic rings. The van der Waals surface area contributed by atoms with Crippen molar-refractivity contribution in [3.8, 4) is 5.75 Å². The number of allylic oxidation sites excluding steroid dienone is 1. The molecule has 1 N–H and O–H groups in total. The Morgan fingerprint density at radius 3 is 2.78 bits per heavy atom. The van der Waals surface area contributed by atoms with Gasteiger partial charge in [-0.25, -0.2) is 0 Å². The second kappa shape index (κ2) is 3.87. The lowest BCUT2D eigenvalue weighted by molar-refractivity contribution is -0.140. The fraction of sp³-hybridized carbons (Fsp3) is 0.400. The van der Waals surface area contributed by atoms with E-state index in [4.69, 9.17) is 4.74 Å². The largest absolute Gasteiger partial charge is 0.481 e. The van der Waals surface area contributed by atoms with Gasteiger partial charge < -0.3 is 9.84 Å². The third-order valence-corrected chi connectivity index (χ3v) is 3.95. The fourth-order valence-corrected chi connectivity index (χ4v) is 2.49. The van der Waals surface area contributed by atoms with Crippen molar-refractivity contribution in [1.29, 1.82) is 0 Å². The highest BCUT2D eigenvalue weighted by molar-refractivity contribution is 5.85. The molecule has 1 fully saturated rings. The normalized spacial score (nSPS) is 20.2. The fourth-order valence-electron chi connectivity index (χ4n) is 2.49. The smallest absolute Gasteiger partial charge is 0.314 e. The molecule has 0 amide bonds. The first-order valence-electron chi connectivity index (χ1n) is 6.31. The second-order valence-corrected chi connectivity index (χ2v) is 5.29. The molecule has 1 aliphatic carbocycles. The number of hydrogen-bond donors (Lipinski definition) is 1. The molecule has 0 spiro atoms. The summed E-state index contributed by atoms with van der Waals surface area (Å²) in [6, 6.07) is 5.82. The molecule has 0 bridgehead atoms. The number of fused-ring (bicyclic) bond motifs is 1. The Labute approximate surface area is 106 Å². The minimum absolute atomic E-state index is 0.621. The molecule has 0 unspecified atom stereocenters. The third kappa shape index (κ3) is 1.70. The summed E-state index contributed by atoms with van der Waals surface area (Å²) in [5.41, 5.74) is 2.64. The van der Waals surface area contributed by atoms with Crippen LogP contribution in [0.1, 0.15) is 37.3 Å². The van der Waals surface area contributed by atoms with E-state index in [2.05, 4.69) is 0 Å². The number of benzene rings is 1. The highest BCUT2D eigenvalue weighted by atomic mass is 16.5. The monoisotopic (exact) mass is 244 g/mol. The van der Waals surface area contributed by atoms with Gasteiger partial charge in [0.15, 0.2) is 0 Å².